The number of carbonyl (C=O) groups is 1. The van der Waals surface area contributed by atoms with E-state index in [4.69, 9.17) is 0 Å². The number of nitrogens with zero attached hydrogens (tertiary/aromatic N) is 3. The van der Waals surface area contributed by atoms with Crippen molar-refractivity contribution in [2.24, 2.45) is 0 Å². The molecule has 4 nitrogen and oxygen atoms in total. The van der Waals surface area contributed by atoms with E-state index in [1.165, 1.54) is 0 Å². The van der Waals surface area contributed by atoms with Gasteiger partial charge in [-0.15, -0.1) is 0 Å². The molecule has 5 heteroatoms. The molecular formula is C13H18BrN3O. The van der Waals surface area contributed by atoms with Crippen LogP contribution in [0.2, 0.25) is 0 Å². The van der Waals surface area contributed by atoms with Crippen molar-refractivity contribution in [2.75, 3.05) is 20.1 Å². The SMILES string of the molecule is CC1CN(C(=O)c2cccnc2Br)CC(C)N1C. The standard InChI is InChI=1S/C13H18BrN3O/c1-9-7-17(8-10(2)16(9)3)13(18)11-5-4-6-15-12(11)14/h4-6,9-10H,7-8H2,1-3H3. The lowest BCUT2D eigenvalue weighted by Crippen LogP contribution is -2.56. The van der Waals surface area contributed by atoms with Gasteiger partial charge in [0.05, 0.1) is 5.56 Å². The molecule has 2 heterocycles. The van der Waals surface area contributed by atoms with Gasteiger partial charge in [0.25, 0.3) is 5.91 Å². The van der Waals surface area contributed by atoms with E-state index in [2.05, 4.69) is 46.7 Å². The molecule has 1 saturated heterocycles. The third kappa shape index (κ3) is 2.57. The van der Waals surface area contributed by atoms with Gasteiger partial charge in [0.2, 0.25) is 0 Å². The molecule has 2 unspecified atom stereocenters. The van der Waals surface area contributed by atoms with Gasteiger partial charge in [-0.1, -0.05) is 0 Å². The Hall–Kier alpha value is -0.940. The lowest BCUT2D eigenvalue weighted by molar-refractivity contribution is 0.0413. The predicted octanol–water partition coefficient (Wildman–Crippen LogP) is 2.01. The molecule has 1 aliphatic heterocycles. The molecule has 2 rings (SSSR count). The second kappa shape index (κ2) is 5.36. The van der Waals surface area contributed by atoms with E-state index in [-0.39, 0.29) is 5.91 Å². The van der Waals surface area contributed by atoms with Gasteiger partial charge in [-0.05, 0) is 49.0 Å². The fraction of sp³-hybridized carbons (Fsp3) is 0.538. The molecule has 1 aromatic heterocycles. The van der Waals surface area contributed by atoms with Crippen LogP contribution in [0, 0.1) is 0 Å². The van der Waals surface area contributed by atoms with Crippen molar-refractivity contribution in [3.8, 4) is 0 Å². The van der Waals surface area contributed by atoms with Crippen LogP contribution in [0.25, 0.3) is 0 Å². The normalized spacial score (nSPS) is 25.2. The summed E-state index contributed by atoms with van der Waals surface area (Å²) in [6.07, 6.45) is 1.68. The van der Waals surface area contributed by atoms with E-state index in [0.29, 0.717) is 22.3 Å². The summed E-state index contributed by atoms with van der Waals surface area (Å²) in [7, 11) is 2.11. The first kappa shape index (κ1) is 13.5. The fourth-order valence-corrected chi connectivity index (χ4v) is 2.71. The maximum atomic E-state index is 12.5. The Morgan fingerprint density at radius 2 is 2.00 bits per heavy atom. The minimum atomic E-state index is 0.0572. The summed E-state index contributed by atoms with van der Waals surface area (Å²) in [5, 5.41) is 0. The van der Waals surface area contributed by atoms with Crippen molar-refractivity contribution in [3.63, 3.8) is 0 Å². The van der Waals surface area contributed by atoms with Crippen LogP contribution in [0.4, 0.5) is 0 Å². The summed E-state index contributed by atoms with van der Waals surface area (Å²) in [5.74, 6) is 0.0572. The predicted molar refractivity (Wildman–Crippen MR) is 74.5 cm³/mol. The number of hydrogen-bond acceptors (Lipinski definition) is 3. The smallest absolute Gasteiger partial charge is 0.256 e. The zero-order valence-electron chi connectivity index (χ0n) is 10.9. The summed E-state index contributed by atoms with van der Waals surface area (Å²) in [6.45, 7) is 5.82. The molecule has 0 saturated carbocycles. The summed E-state index contributed by atoms with van der Waals surface area (Å²) >= 11 is 3.34. The minimum Gasteiger partial charge on any atom is -0.335 e. The molecule has 0 aromatic carbocycles. The molecule has 0 aliphatic carbocycles. The van der Waals surface area contributed by atoms with Gasteiger partial charge < -0.3 is 4.90 Å². The van der Waals surface area contributed by atoms with Gasteiger partial charge in [0, 0.05) is 31.4 Å². The van der Waals surface area contributed by atoms with Crippen molar-refractivity contribution in [1.82, 2.24) is 14.8 Å². The van der Waals surface area contributed by atoms with Gasteiger partial charge in [-0.2, -0.15) is 0 Å². The molecule has 18 heavy (non-hydrogen) atoms. The number of likely N-dealkylation sites (N-methyl/N-ethyl adjacent to an activating group) is 1. The second-order valence-corrected chi connectivity index (χ2v) is 5.67. The summed E-state index contributed by atoms with van der Waals surface area (Å²) in [5.41, 5.74) is 0.640. The Morgan fingerprint density at radius 1 is 1.39 bits per heavy atom. The Labute approximate surface area is 116 Å². The van der Waals surface area contributed by atoms with Gasteiger partial charge in [-0.25, -0.2) is 4.98 Å². The number of carbonyl (C=O) groups excluding carboxylic acids is 1. The molecule has 1 fully saturated rings. The monoisotopic (exact) mass is 311 g/mol. The highest BCUT2D eigenvalue weighted by molar-refractivity contribution is 9.10. The average molecular weight is 312 g/mol. The van der Waals surface area contributed by atoms with E-state index < -0.39 is 0 Å². The van der Waals surface area contributed by atoms with Crippen LogP contribution in [-0.2, 0) is 0 Å². The maximum Gasteiger partial charge on any atom is 0.256 e. The first-order chi connectivity index (χ1) is 8.50. The molecule has 0 spiro atoms. The fourth-order valence-electron chi connectivity index (χ4n) is 2.29. The molecular weight excluding hydrogens is 294 g/mol. The van der Waals surface area contributed by atoms with Crippen LogP contribution in [0.1, 0.15) is 24.2 Å². The van der Waals surface area contributed by atoms with Crippen LogP contribution in [0.5, 0.6) is 0 Å². The quantitative estimate of drug-likeness (QED) is 0.744. The van der Waals surface area contributed by atoms with Crippen molar-refractivity contribution in [2.45, 2.75) is 25.9 Å². The van der Waals surface area contributed by atoms with E-state index in [9.17, 15) is 4.79 Å². The van der Waals surface area contributed by atoms with E-state index in [1.807, 2.05) is 11.0 Å². The average Bonchev–Trinajstić information content (AvgIpc) is 2.35. The number of halogens is 1. The summed E-state index contributed by atoms with van der Waals surface area (Å²) in [4.78, 5) is 20.8. The number of amides is 1. The number of hydrogen-bond donors (Lipinski definition) is 0. The zero-order valence-corrected chi connectivity index (χ0v) is 12.5. The molecule has 98 valence electrons. The van der Waals surface area contributed by atoms with Gasteiger partial charge in [0.15, 0.2) is 0 Å². The summed E-state index contributed by atoms with van der Waals surface area (Å²) in [6, 6.07) is 4.37. The molecule has 0 bridgehead atoms. The Kier molecular flexibility index (Phi) is 4.02. The highest BCUT2D eigenvalue weighted by atomic mass is 79.9. The number of piperazine rings is 1. The lowest BCUT2D eigenvalue weighted by Gasteiger charge is -2.42. The molecule has 1 aromatic rings. The highest BCUT2D eigenvalue weighted by Gasteiger charge is 2.30. The van der Waals surface area contributed by atoms with E-state index in [0.717, 1.165) is 13.1 Å². The topological polar surface area (TPSA) is 36.4 Å². The van der Waals surface area contributed by atoms with Crippen LogP contribution in [0.3, 0.4) is 0 Å². The summed E-state index contributed by atoms with van der Waals surface area (Å²) < 4.78 is 0.620. The van der Waals surface area contributed by atoms with Gasteiger partial charge in [-0.3, -0.25) is 9.69 Å². The van der Waals surface area contributed by atoms with E-state index >= 15 is 0 Å². The van der Waals surface area contributed by atoms with Crippen molar-refractivity contribution in [1.29, 1.82) is 0 Å². The van der Waals surface area contributed by atoms with Gasteiger partial charge >= 0.3 is 0 Å². The molecule has 1 aliphatic rings. The Balaban J connectivity index is 2.18. The second-order valence-electron chi connectivity index (χ2n) is 4.92. The van der Waals surface area contributed by atoms with Crippen LogP contribution >= 0.6 is 15.9 Å². The van der Waals surface area contributed by atoms with Crippen LogP contribution < -0.4 is 0 Å². The largest absolute Gasteiger partial charge is 0.335 e. The first-order valence-electron chi connectivity index (χ1n) is 6.12. The molecule has 2 atom stereocenters. The Morgan fingerprint density at radius 3 is 2.56 bits per heavy atom. The minimum absolute atomic E-state index is 0.0572. The lowest BCUT2D eigenvalue weighted by atomic mass is 10.1. The van der Waals surface area contributed by atoms with Crippen molar-refractivity contribution >= 4 is 21.8 Å². The number of aromatic nitrogens is 1. The first-order valence-corrected chi connectivity index (χ1v) is 6.91. The molecule has 0 radical (unpaired) electrons. The number of rotatable bonds is 1. The maximum absolute atomic E-state index is 12.5. The Bertz CT molecular complexity index is 440. The molecule has 1 amide bonds. The molecule has 0 N–H and O–H groups in total. The van der Waals surface area contributed by atoms with Crippen molar-refractivity contribution < 1.29 is 4.79 Å². The van der Waals surface area contributed by atoms with Crippen LogP contribution in [-0.4, -0.2) is 52.9 Å². The zero-order chi connectivity index (χ0) is 13.3. The van der Waals surface area contributed by atoms with Crippen LogP contribution in [0.15, 0.2) is 22.9 Å². The van der Waals surface area contributed by atoms with E-state index in [1.54, 1.807) is 12.3 Å². The van der Waals surface area contributed by atoms with Gasteiger partial charge in [0.1, 0.15) is 4.60 Å². The third-order valence-corrected chi connectivity index (χ3v) is 4.27. The van der Waals surface area contributed by atoms with Crippen molar-refractivity contribution in [3.05, 3.63) is 28.5 Å². The number of pyridine rings is 1. The third-order valence-electron chi connectivity index (χ3n) is 3.64. The highest BCUT2D eigenvalue weighted by Crippen LogP contribution is 2.19.